The maximum atomic E-state index is 4.54. The van der Waals surface area contributed by atoms with E-state index in [1.807, 2.05) is 13.3 Å². The van der Waals surface area contributed by atoms with Gasteiger partial charge >= 0.3 is 0 Å². The lowest BCUT2D eigenvalue weighted by molar-refractivity contribution is 0.967. The third-order valence-corrected chi connectivity index (χ3v) is 2.84. The van der Waals surface area contributed by atoms with Crippen molar-refractivity contribution >= 4 is 23.6 Å². The number of nitrogens with zero attached hydrogens (tertiary/aromatic N) is 2. The van der Waals surface area contributed by atoms with Crippen molar-refractivity contribution < 1.29 is 0 Å². The second kappa shape index (κ2) is 5.85. The van der Waals surface area contributed by atoms with Gasteiger partial charge in [-0.3, -0.25) is 0 Å². The standard InChI is InChI=1S/C11H19N3S/c1-5-6-12-10-7-9(2)8-11(13-10)14(3)15-4/h7-8H,5-6H2,1-4H3,(H,12,13). The van der Waals surface area contributed by atoms with Gasteiger partial charge in [-0.2, -0.15) is 0 Å². The van der Waals surface area contributed by atoms with Gasteiger partial charge in [0.25, 0.3) is 0 Å². The van der Waals surface area contributed by atoms with Crippen LogP contribution in [0, 0.1) is 6.92 Å². The highest BCUT2D eigenvalue weighted by Crippen LogP contribution is 2.20. The Kier molecular flexibility index (Phi) is 4.75. The quantitative estimate of drug-likeness (QED) is 0.780. The van der Waals surface area contributed by atoms with Gasteiger partial charge in [-0.25, -0.2) is 4.98 Å². The molecule has 0 fully saturated rings. The van der Waals surface area contributed by atoms with Crippen LogP contribution in [0.4, 0.5) is 11.6 Å². The van der Waals surface area contributed by atoms with Crippen LogP contribution < -0.4 is 9.62 Å². The Hall–Kier alpha value is -0.900. The second-order valence-electron chi connectivity index (χ2n) is 3.49. The molecule has 15 heavy (non-hydrogen) atoms. The summed E-state index contributed by atoms with van der Waals surface area (Å²) in [5.74, 6) is 1.97. The first-order valence-corrected chi connectivity index (χ1v) is 6.36. The van der Waals surface area contributed by atoms with Crippen molar-refractivity contribution in [3.05, 3.63) is 17.7 Å². The highest BCUT2D eigenvalue weighted by atomic mass is 32.2. The molecule has 1 aromatic rings. The van der Waals surface area contributed by atoms with Gasteiger partial charge in [0.05, 0.1) is 0 Å². The SMILES string of the molecule is CCCNc1cc(C)cc(N(C)SC)n1. The van der Waals surface area contributed by atoms with Gasteiger partial charge < -0.3 is 9.62 Å². The van der Waals surface area contributed by atoms with E-state index in [1.54, 1.807) is 11.9 Å². The molecular weight excluding hydrogens is 206 g/mol. The number of rotatable bonds is 5. The fourth-order valence-electron chi connectivity index (χ4n) is 1.25. The summed E-state index contributed by atoms with van der Waals surface area (Å²) in [5.41, 5.74) is 1.24. The van der Waals surface area contributed by atoms with E-state index in [9.17, 15) is 0 Å². The first-order valence-electron chi connectivity index (χ1n) is 5.17. The molecule has 1 N–H and O–H groups in total. The Balaban J connectivity index is 2.84. The summed E-state index contributed by atoms with van der Waals surface area (Å²) < 4.78 is 2.06. The van der Waals surface area contributed by atoms with Gasteiger partial charge in [-0.15, -0.1) is 0 Å². The van der Waals surface area contributed by atoms with Crippen LogP contribution in [-0.4, -0.2) is 24.8 Å². The number of hydrogen-bond acceptors (Lipinski definition) is 4. The van der Waals surface area contributed by atoms with Crippen LogP contribution in [-0.2, 0) is 0 Å². The molecule has 1 heterocycles. The van der Waals surface area contributed by atoms with Crippen molar-refractivity contribution in [3.8, 4) is 0 Å². The van der Waals surface area contributed by atoms with Crippen LogP contribution in [0.1, 0.15) is 18.9 Å². The zero-order valence-corrected chi connectivity index (χ0v) is 10.7. The lowest BCUT2D eigenvalue weighted by atomic mass is 10.3. The van der Waals surface area contributed by atoms with E-state index in [-0.39, 0.29) is 0 Å². The minimum Gasteiger partial charge on any atom is -0.370 e. The maximum absolute atomic E-state index is 4.54. The lowest BCUT2D eigenvalue weighted by Gasteiger charge is -2.16. The Morgan fingerprint density at radius 1 is 1.47 bits per heavy atom. The molecule has 1 rings (SSSR count). The smallest absolute Gasteiger partial charge is 0.140 e. The molecule has 0 aromatic carbocycles. The van der Waals surface area contributed by atoms with Crippen LogP contribution in [0.3, 0.4) is 0 Å². The first kappa shape index (κ1) is 12.2. The zero-order valence-electron chi connectivity index (χ0n) is 9.87. The van der Waals surface area contributed by atoms with E-state index in [1.165, 1.54) is 5.56 Å². The highest BCUT2D eigenvalue weighted by Gasteiger charge is 2.03. The number of pyridine rings is 1. The molecule has 0 saturated heterocycles. The monoisotopic (exact) mass is 225 g/mol. The number of aryl methyl sites for hydroxylation is 1. The summed E-state index contributed by atoms with van der Waals surface area (Å²) in [6, 6.07) is 4.17. The molecular formula is C11H19N3S. The molecule has 0 spiro atoms. The molecule has 0 bridgehead atoms. The average Bonchev–Trinajstić information content (AvgIpc) is 2.24. The maximum Gasteiger partial charge on any atom is 0.140 e. The van der Waals surface area contributed by atoms with E-state index < -0.39 is 0 Å². The summed E-state index contributed by atoms with van der Waals surface area (Å²) in [4.78, 5) is 4.54. The third-order valence-electron chi connectivity index (χ3n) is 2.11. The minimum atomic E-state index is 0.966. The molecule has 0 amide bonds. The van der Waals surface area contributed by atoms with E-state index in [0.29, 0.717) is 0 Å². The lowest BCUT2D eigenvalue weighted by Crippen LogP contribution is -2.10. The molecule has 84 valence electrons. The number of anilines is 2. The number of hydrogen-bond donors (Lipinski definition) is 1. The van der Waals surface area contributed by atoms with E-state index in [4.69, 9.17) is 0 Å². The Morgan fingerprint density at radius 2 is 2.20 bits per heavy atom. The topological polar surface area (TPSA) is 28.2 Å². The van der Waals surface area contributed by atoms with Gasteiger partial charge in [0.15, 0.2) is 0 Å². The molecule has 3 nitrogen and oxygen atoms in total. The van der Waals surface area contributed by atoms with Crippen molar-refractivity contribution in [3.63, 3.8) is 0 Å². The van der Waals surface area contributed by atoms with Crippen LogP contribution in [0.2, 0.25) is 0 Å². The van der Waals surface area contributed by atoms with Gasteiger partial charge in [0.2, 0.25) is 0 Å². The van der Waals surface area contributed by atoms with E-state index in [0.717, 1.165) is 24.6 Å². The summed E-state index contributed by atoms with van der Waals surface area (Å²) in [6.45, 7) is 5.22. The Labute approximate surface area is 96.4 Å². The van der Waals surface area contributed by atoms with Crippen molar-refractivity contribution in [2.24, 2.45) is 0 Å². The molecule has 0 atom stereocenters. The summed E-state index contributed by atoms with van der Waals surface area (Å²) >= 11 is 1.66. The molecule has 0 radical (unpaired) electrons. The molecule has 0 unspecified atom stereocenters. The van der Waals surface area contributed by atoms with Gasteiger partial charge in [-0.1, -0.05) is 18.9 Å². The van der Waals surface area contributed by atoms with Gasteiger partial charge in [-0.05, 0) is 31.0 Å². The predicted octanol–water partition coefficient (Wildman–Crippen LogP) is 2.93. The van der Waals surface area contributed by atoms with E-state index in [2.05, 4.69) is 40.6 Å². The van der Waals surface area contributed by atoms with Gasteiger partial charge in [0, 0.05) is 19.8 Å². The number of aromatic nitrogens is 1. The largest absolute Gasteiger partial charge is 0.370 e. The molecule has 0 aliphatic heterocycles. The Morgan fingerprint density at radius 3 is 2.80 bits per heavy atom. The fourth-order valence-corrected chi connectivity index (χ4v) is 1.53. The second-order valence-corrected chi connectivity index (χ2v) is 4.41. The summed E-state index contributed by atoms with van der Waals surface area (Å²) in [7, 11) is 2.02. The van der Waals surface area contributed by atoms with E-state index >= 15 is 0 Å². The first-order chi connectivity index (χ1) is 7.17. The number of nitrogens with one attached hydrogen (secondary N) is 1. The van der Waals surface area contributed by atoms with Crippen molar-refractivity contribution in [2.75, 3.05) is 29.5 Å². The molecule has 0 saturated carbocycles. The normalized spacial score (nSPS) is 10.1. The Bertz CT molecular complexity index is 315. The molecule has 1 aromatic heterocycles. The minimum absolute atomic E-state index is 0.966. The van der Waals surface area contributed by atoms with Crippen LogP contribution in [0.15, 0.2) is 12.1 Å². The summed E-state index contributed by atoms with van der Waals surface area (Å²) in [6.07, 6.45) is 3.16. The van der Waals surface area contributed by atoms with Crippen LogP contribution in [0.25, 0.3) is 0 Å². The molecule has 0 aliphatic carbocycles. The van der Waals surface area contributed by atoms with Crippen LogP contribution >= 0.6 is 11.9 Å². The molecule has 4 heteroatoms. The van der Waals surface area contributed by atoms with Crippen molar-refractivity contribution in [1.82, 2.24) is 4.98 Å². The summed E-state index contributed by atoms with van der Waals surface area (Å²) in [5, 5.41) is 3.31. The molecule has 0 aliphatic rings. The fraction of sp³-hybridized carbons (Fsp3) is 0.545. The van der Waals surface area contributed by atoms with Crippen molar-refractivity contribution in [1.29, 1.82) is 0 Å². The highest BCUT2D eigenvalue weighted by molar-refractivity contribution is 7.99. The van der Waals surface area contributed by atoms with Crippen LogP contribution in [0.5, 0.6) is 0 Å². The third kappa shape index (κ3) is 3.63. The zero-order chi connectivity index (χ0) is 11.3. The van der Waals surface area contributed by atoms with Gasteiger partial charge in [0.1, 0.15) is 11.6 Å². The predicted molar refractivity (Wildman–Crippen MR) is 69.7 cm³/mol. The average molecular weight is 225 g/mol. The van der Waals surface area contributed by atoms with Crippen molar-refractivity contribution in [2.45, 2.75) is 20.3 Å².